The van der Waals surface area contributed by atoms with Gasteiger partial charge < -0.3 is 10.0 Å². The van der Waals surface area contributed by atoms with Crippen molar-refractivity contribution in [2.45, 2.75) is 31.4 Å². The van der Waals surface area contributed by atoms with E-state index >= 15 is 0 Å². The fourth-order valence-corrected chi connectivity index (χ4v) is 2.97. The van der Waals surface area contributed by atoms with Gasteiger partial charge in [0, 0.05) is 25.4 Å². The number of aliphatic hydroxyl groups excluding tert-OH is 1. The van der Waals surface area contributed by atoms with E-state index < -0.39 is 6.10 Å². The molecule has 1 amide bonds. The van der Waals surface area contributed by atoms with Crippen molar-refractivity contribution in [3.8, 4) is 0 Å². The Morgan fingerprint density at radius 3 is 2.78 bits per heavy atom. The minimum Gasteiger partial charge on any atom is -0.391 e. The molecule has 0 aliphatic carbocycles. The first kappa shape index (κ1) is 15.6. The average molecular weight is 318 g/mol. The van der Waals surface area contributed by atoms with Crippen LogP contribution in [0, 0.1) is 5.82 Å². The summed E-state index contributed by atoms with van der Waals surface area (Å²) in [5, 5.41) is 14.3. The van der Waals surface area contributed by atoms with Gasteiger partial charge in [0.1, 0.15) is 18.5 Å². The van der Waals surface area contributed by atoms with Crippen molar-refractivity contribution in [1.82, 2.24) is 19.7 Å². The van der Waals surface area contributed by atoms with E-state index in [-0.39, 0.29) is 17.6 Å². The maximum absolute atomic E-state index is 13.0. The van der Waals surface area contributed by atoms with Crippen LogP contribution in [0.15, 0.2) is 36.9 Å². The summed E-state index contributed by atoms with van der Waals surface area (Å²) in [6, 6.07) is 6.20. The number of aryl methyl sites for hydroxylation is 1. The molecule has 2 aromatic rings. The second-order valence-electron chi connectivity index (χ2n) is 5.76. The maximum atomic E-state index is 13.0. The summed E-state index contributed by atoms with van der Waals surface area (Å²) in [5.74, 6) is -0.351. The number of β-amino-alcohol motifs (C(OH)–C–C–N with tert-alkyl or cyclic N) is 1. The predicted octanol–water partition coefficient (Wildman–Crippen LogP) is 1.18. The van der Waals surface area contributed by atoms with Crippen LogP contribution in [0.1, 0.15) is 24.3 Å². The largest absolute Gasteiger partial charge is 0.391 e. The van der Waals surface area contributed by atoms with Gasteiger partial charge in [-0.1, -0.05) is 12.1 Å². The smallest absolute Gasteiger partial charge is 0.224 e. The van der Waals surface area contributed by atoms with Crippen molar-refractivity contribution in [2.75, 3.05) is 13.1 Å². The van der Waals surface area contributed by atoms with Crippen LogP contribution in [0.5, 0.6) is 0 Å². The Hall–Kier alpha value is -2.28. The van der Waals surface area contributed by atoms with E-state index in [1.165, 1.54) is 18.5 Å². The van der Waals surface area contributed by atoms with Crippen molar-refractivity contribution >= 4 is 5.91 Å². The third-order valence-corrected chi connectivity index (χ3v) is 4.25. The first-order valence-corrected chi connectivity index (χ1v) is 7.67. The van der Waals surface area contributed by atoms with E-state index in [4.69, 9.17) is 0 Å². The Labute approximate surface area is 133 Å². The van der Waals surface area contributed by atoms with E-state index in [0.717, 1.165) is 5.56 Å². The molecule has 0 saturated carbocycles. The van der Waals surface area contributed by atoms with Crippen LogP contribution in [-0.4, -0.2) is 49.9 Å². The van der Waals surface area contributed by atoms with Crippen molar-refractivity contribution in [2.24, 2.45) is 0 Å². The van der Waals surface area contributed by atoms with Gasteiger partial charge in [-0.15, -0.1) is 0 Å². The number of amides is 1. The molecule has 7 heteroatoms. The second kappa shape index (κ2) is 6.87. The van der Waals surface area contributed by atoms with Gasteiger partial charge in [0.15, 0.2) is 0 Å². The zero-order valence-corrected chi connectivity index (χ0v) is 12.7. The van der Waals surface area contributed by atoms with Gasteiger partial charge in [-0.2, -0.15) is 5.10 Å². The third-order valence-electron chi connectivity index (χ3n) is 4.25. The molecule has 23 heavy (non-hydrogen) atoms. The molecule has 0 unspecified atom stereocenters. The SMILES string of the molecule is O=C(CCn1cncn1)N1CC[C@@H](c2ccc(F)cc2)[C@H](O)C1. The fourth-order valence-electron chi connectivity index (χ4n) is 2.97. The van der Waals surface area contributed by atoms with E-state index in [1.807, 2.05) is 0 Å². The van der Waals surface area contributed by atoms with Crippen molar-refractivity contribution in [3.63, 3.8) is 0 Å². The van der Waals surface area contributed by atoms with Crippen LogP contribution in [0.25, 0.3) is 0 Å². The quantitative estimate of drug-likeness (QED) is 0.919. The van der Waals surface area contributed by atoms with Gasteiger partial charge in [0.25, 0.3) is 0 Å². The van der Waals surface area contributed by atoms with Crippen LogP contribution in [0.3, 0.4) is 0 Å². The zero-order chi connectivity index (χ0) is 16.2. The molecule has 1 aliphatic heterocycles. The molecule has 1 N–H and O–H groups in total. The van der Waals surface area contributed by atoms with E-state index in [2.05, 4.69) is 10.1 Å². The first-order chi connectivity index (χ1) is 11.1. The number of hydrogen-bond donors (Lipinski definition) is 1. The lowest BCUT2D eigenvalue weighted by Crippen LogP contribution is -2.45. The number of halogens is 1. The van der Waals surface area contributed by atoms with Gasteiger partial charge in [0.05, 0.1) is 12.6 Å². The summed E-state index contributed by atoms with van der Waals surface area (Å²) in [5.41, 5.74) is 0.911. The number of rotatable bonds is 4. The van der Waals surface area contributed by atoms with Gasteiger partial charge in [-0.05, 0) is 24.1 Å². The number of aromatic nitrogens is 3. The topological polar surface area (TPSA) is 71.2 Å². The first-order valence-electron chi connectivity index (χ1n) is 7.67. The minimum absolute atomic E-state index is 0.00268. The Morgan fingerprint density at radius 1 is 1.35 bits per heavy atom. The summed E-state index contributed by atoms with van der Waals surface area (Å²) in [6.45, 7) is 1.38. The van der Waals surface area contributed by atoms with Crippen LogP contribution < -0.4 is 0 Å². The highest BCUT2D eigenvalue weighted by Crippen LogP contribution is 2.28. The van der Waals surface area contributed by atoms with Gasteiger partial charge in [-0.3, -0.25) is 9.48 Å². The lowest BCUT2D eigenvalue weighted by atomic mass is 9.87. The summed E-state index contributed by atoms with van der Waals surface area (Å²) >= 11 is 0. The van der Waals surface area contributed by atoms with Gasteiger partial charge >= 0.3 is 0 Å². The number of carbonyl (C=O) groups excluding carboxylic acids is 1. The molecule has 1 aromatic carbocycles. The van der Waals surface area contributed by atoms with Crippen LogP contribution in [-0.2, 0) is 11.3 Å². The molecule has 2 heterocycles. The summed E-state index contributed by atoms with van der Waals surface area (Å²) in [4.78, 5) is 17.7. The lowest BCUT2D eigenvalue weighted by Gasteiger charge is -2.36. The molecular formula is C16H19FN4O2. The number of piperidine rings is 1. The molecule has 6 nitrogen and oxygen atoms in total. The highest BCUT2D eigenvalue weighted by atomic mass is 19.1. The molecule has 1 saturated heterocycles. The fraction of sp³-hybridized carbons (Fsp3) is 0.438. The molecular weight excluding hydrogens is 299 g/mol. The molecule has 0 spiro atoms. The standard InChI is InChI=1S/C16H19FN4O2/c17-13-3-1-12(2-4-13)14-5-7-20(9-15(14)22)16(23)6-8-21-11-18-10-19-21/h1-4,10-11,14-15,22H,5-9H2/t14-,15+/m0/s1. The summed E-state index contributed by atoms with van der Waals surface area (Å²) in [6.07, 6.45) is 3.37. The zero-order valence-electron chi connectivity index (χ0n) is 12.7. The second-order valence-corrected chi connectivity index (χ2v) is 5.76. The Kier molecular flexibility index (Phi) is 4.66. The Bertz CT molecular complexity index is 645. The Morgan fingerprint density at radius 2 is 2.13 bits per heavy atom. The molecule has 1 fully saturated rings. The molecule has 122 valence electrons. The number of hydrogen-bond acceptors (Lipinski definition) is 4. The van der Waals surface area contributed by atoms with Gasteiger partial charge in [0.2, 0.25) is 5.91 Å². The van der Waals surface area contributed by atoms with Crippen LogP contribution in [0.2, 0.25) is 0 Å². The maximum Gasteiger partial charge on any atom is 0.224 e. The van der Waals surface area contributed by atoms with Crippen molar-refractivity contribution < 1.29 is 14.3 Å². The normalized spacial score (nSPS) is 21.4. The summed E-state index contributed by atoms with van der Waals surface area (Å²) in [7, 11) is 0. The minimum atomic E-state index is -0.635. The molecule has 0 bridgehead atoms. The Balaban J connectivity index is 1.55. The summed E-state index contributed by atoms with van der Waals surface area (Å²) < 4.78 is 14.6. The molecule has 1 aliphatic rings. The van der Waals surface area contributed by atoms with Crippen molar-refractivity contribution in [3.05, 3.63) is 48.3 Å². The number of aliphatic hydroxyl groups is 1. The van der Waals surface area contributed by atoms with E-state index in [1.54, 1.807) is 28.0 Å². The molecule has 2 atom stereocenters. The third kappa shape index (κ3) is 3.73. The van der Waals surface area contributed by atoms with Crippen LogP contribution in [0.4, 0.5) is 4.39 Å². The number of nitrogens with zero attached hydrogens (tertiary/aromatic N) is 4. The average Bonchev–Trinajstić information content (AvgIpc) is 3.07. The predicted molar refractivity (Wildman–Crippen MR) is 81.0 cm³/mol. The number of benzene rings is 1. The molecule has 1 aromatic heterocycles. The van der Waals surface area contributed by atoms with E-state index in [0.29, 0.717) is 32.5 Å². The monoisotopic (exact) mass is 318 g/mol. The van der Waals surface area contributed by atoms with Gasteiger partial charge in [-0.25, -0.2) is 9.37 Å². The number of carbonyl (C=O) groups is 1. The van der Waals surface area contributed by atoms with Crippen molar-refractivity contribution in [1.29, 1.82) is 0 Å². The highest BCUT2D eigenvalue weighted by Gasteiger charge is 2.30. The lowest BCUT2D eigenvalue weighted by molar-refractivity contribution is -0.135. The molecule has 0 radical (unpaired) electrons. The molecule has 3 rings (SSSR count). The van der Waals surface area contributed by atoms with E-state index in [9.17, 15) is 14.3 Å². The highest BCUT2D eigenvalue weighted by molar-refractivity contribution is 5.76. The van der Waals surface area contributed by atoms with Crippen LogP contribution >= 0.6 is 0 Å². The number of likely N-dealkylation sites (tertiary alicyclic amines) is 1.